The summed E-state index contributed by atoms with van der Waals surface area (Å²) < 4.78 is 39.2. The van der Waals surface area contributed by atoms with E-state index >= 15 is 0 Å². The van der Waals surface area contributed by atoms with E-state index in [1.54, 1.807) is 18.7 Å². The molecule has 0 aromatic rings. The quantitative estimate of drug-likeness (QED) is 0.0380. The number of methoxy groups -OCH3 is 1. The molecule has 0 saturated carbocycles. The van der Waals surface area contributed by atoms with Crippen LogP contribution in [0.3, 0.4) is 0 Å². The number of nitrogens with one attached hydrogen (secondary N) is 7. The highest BCUT2D eigenvalue weighted by Crippen LogP contribution is 2.29. The molecule has 7 unspecified atom stereocenters. The normalized spacial score (nSPS) is 24.3. The van der Waals surface area contributed by atoms with Gasteiger partial charge < -0.3 is 116 Å². The van der Waals surface area contributed by atoms with Crippen LogP contribution < -0.4 is 37.2 Å². The standard InChI is InChI=1S/C77H140N8O25/c1-53-68(97)70(99)59(50-86)108-75(53)105-44-25-12-6-5-9-17-35-64(94)81-42-29-43-82-66(96)49-85(48-57(91)30-20-22-39-79-62(92)33-18-11-8-14-27-46-107-77-67(84-55(3)89)73(102)72(101)61(52-88)110-77)58(32-16-15-21-38-78-65(95)36-28-31-56(90)37-47-104-4)74(103)83-41-24-23-40-80-63(93)34-19-10-7-13-26-45-106-76-54(2)69(98)71(100)60(51-87)109-76/h53-54,58-61,67-73,75-77,86-88,97-102H,5-52H2,1-4H3,(H,78,95)(H,79,92)(H,80,93)(H,81,94)(H,82,96)(H,83,103)(H,84,89)/t53?,54-,58?,59?,60?,61?,67?,68+,69?,70-,71-,72-,73+,75+,76+,77+/m0/s1. The summed E-state index contributed by atoms with van der Waals surface area (Å²) in [4.78, 5) is 119. The van der Waals surface area contributed by atoms with Gasteiger partial charge in [0.25, 0.3) is 0 Å². The first-order valence-electron chi connectivity index (χ1n) is 40.8. The van der Waals surface area contributed by atoms with Crippen molar-refractivity contribution in [2.75, 3.05) is 106 Å². The van der Waals surface area contributed by atoms with Crippen molar-refractivity contribution in [1.82, 2.24) is 42.1 Å². The summed E-state index contributed by atoms with van der Waals surface area (Å²) in [6, 6.07) is -1.93. The Morgan fingerprint density at radius 1 is 0.364 bits per heavy atom. The summed E-state index contributed by atoms with van der Waals surface area (Å²) in [5.41, 5.74) is 0. The smallest absolute Gasteiger partial charge is 0.237 e. The number of carbonyl (C=O) groups excluding carboxylic acids is 9. The third-order valence-corrected chi connectivity index (χ3v) is 20.2. The van der Waals surface area contributed by atoms with Crippen LogP contribution in [0.25, 0.3) is 0 Å². The van der Waals surface area contributed by atoms with Gasteiger partial charge in [-0.05, 0) is 89.9 Å². The van der Waals surface area contributed by atoms with Crippen LogP contribution in [0.2, 0.25) is 0 Å². The molecule has 0 aliphatic carbocycles. The molecule has 0 radical (unpaired) electrons. The second kappa shape index (κ2) is 60.5. The fourth-order valence-corrected chi connectivity index (χ4v) is 13.3. The van der Waals surface area contributed by atoms with Gasteiger partial charge in [-0.15, -0.1) is 0 Å². The van der Waals surface area contributed by atoms with Crippen molar-refractivity contribution in [3.05, 3.63) is 0 Å². The topological polar surface area (TPSA) is 488 Å². The zero-order valence-electron chi connectivity index (χ0n) is 66.2. The predicted molar refractivity (Wildman–Crippen MR) is 405 cm³/mol. The minimum Gasteiger partial charge on any atom is -0.394 e. The molecular weight excluding hydrogens is 1440 g/mol. The average molecular weight is 1580 g/mol. The van der Waals surface area contributed by atoms with Gasteiger partial charge >= 0.3 is 0 Å². The van der Waals surface area contributed by atoms with Crippen molar-refractivity contribution in [1.29, 1.82) is 0 Å². The van der Waals surface area contributed by atoms with E-state index in [9.17, 15) is 89.1 Å². The summed E-state index contributed by atoms with van der Waals surface area (Å²) in [7, 11) is 1.52. The van der Waals surface area contributed by atoms with Gasteiger partial charge in [-0.3, -0.25) is 48.1 Å². The van der Waals surface area contributed by atoms with Crippen LogP contribution in [0, 0.1) is 11.8 Å². The van der Waals surface area contributed by atoms with E-state index in [0.29, 0.717) is 155 Å². The van der Waals surface area contributed by atoms with E-state index in [0.717, 1.165) is 77.0 Å². The Bertz CT molecular complexity index is 2550. The van der Waals surface area contributed by atoms with Gasteiger partial charge in [0.1, 0.15) is 60.3 Å². The number of Topliss-reactive ketones (excluding diaryl/α,β-unsaturated/α-hetero) is 2. The van der Waals surface area contributed by atoms with Crippen LogP contribution in [-0.2, 0) is 76.3 Å². The molecule has 3 fully saturated rings. The van der Waals surface area contributed by atoms with Crippen LogP contribution in [0.4, 0.5) is 0 Å². The second-order valence-electron chi connectivity index (χ2n) is 29.6. The van der Waals surface area contributed by atoms with Crippen molar-refractivity contribution in [2.45, 2.75) is 319 Å². The molecule has 3 aliphatic rings. The van der Waals surface area contributed by atoms with Crippen LogP contribution in [0.15, 0.2) is 0 Å². The Hall–Kier alpha value is -5.05. The third-order valence-electron chi connectivity index (χ3n) is 20.2. The summed E-state index contributed by atoms with van der Waals surface area (Å²) in [6.07, 6.45) is 6.59. The molecule has 16 N–H and O–H groups in total. The van der Waals surface area contributed by atoms with Crippen molar-refractivity contribution in [3.8, 4) is 0 Å². The van der Waals surface area contributed by atoms with Crippen molar-refractivity contribution < 1.29 is 122 Å². The van der Waals surface area contributed by atoms with Gasteiger partial charge in [-0.25, -0.2) is 0 Å². The van der Waals surface area contributed by atoms with Crippen molar-refractivity contribution in [3.63, 3.8) is 0 Å². The fourth-order valence-electron chi connectivity index (χ4n) is 13.3. The number of aliphatic hydroxyl groups excluding tert-OH is 9. The molecule has 16 atom stereocenters. The number of ether oxygens (including phenoxy) is 7. The van der Waals surface area contributed by atoms with E-state index in [4.69, 9.17) is 33.2 Å². The van der Waals surface area contributed by atoms with Crippen LogP contribution in [0.1, 0.15) is 233 Å². The summed E-state index contributed by atoms with van der Waals surface area (Å²) in [5, 5.41) is 110. The van der Waals surface area contributed by atoms with Crippen LogP contribution in [-0.4, -0.2) is 295 Å². The highest BCUT2D eigenvalue weighted by Gasteiger charge is 2.46. The number of ketones is 2. The molecule has 3 rings (SSSR count). The lowest BCUT2D eigenvalue weighted by molar-refractivity contribution is -0.282. The number of hydrogen-bond acceptors (Lipinski definition) is 26. The molecule has 3 saturated heterocycles. The molecule has 0 spiro atoms. The van der Waals surface area contributed by atoms with E-state index in [1.165, 1.54) is 14.0 Å². The van der Waals surface area contributed by atoms with E-state index in [-0.39, 0.29) is 99.6 Å². The number of hydrogen-bond donors (Lipinski definition) is 16. The number of aliphatic hydroxyl groups is 9. The maximum Gasteiger partial charge on any atom is 0.237 e. The maximum absolute atomic E-state index is 14.4. The largest absolute Gasteiger partial charge is 0.394 e. The minimum absolute atomic E-state index is 0.0257. The monoisotopic (exact) mass is 1580 g/mol. The lowest BCUT2D eigenvalue weighted by atomic mass is 9.92. The molecule has 0 aromatic carbocycles. The molecule has 3 aliphatic heterocycles. The summed E-state index contributed by atoms with van der Waals surface area (Å²) in [5.74, 6) is -2.85. The predicted octanol–water partition coefficient (Wildman–Crippen LogP) is 1.16. The van der Waals surface area contributed by atoms with E-state index in [2.05, 4.69) is 37.2 Å². The maximum atomic E-state index is 14.4. The third kappa shape index (κ3) is 42.4. The highest BCUT2D eigenvalue weighted by atomic mass is 16.7. The Balaban J connectivity index is 1.53. The van der Waals surface area contributed by atoms with Gasteiger partial charge in [-0.2, -0.15) is 0 Å². The van der Waals surface area contributed by atoms with E-state index < -0.39 is 129 Å². The lowest BCUT2D eigenvalue weighted by Gasteiger charge is -2.42. The molecule has 110 heavy (non-hydrogen) atoms. The number of unbranched alkanes of at least 4 members (excludes halogenated alkanes) is 17. The fraction of sp³-hybridized carbons (Fsp3) is 0.883. The van der Waals surface area contributed by atoms with Gasteiger partial charge in [0.15, 0.2) is 18.9 Å². The molecule has 0 bridgehead atoms. The van der Waals surface area contributed by atoms with Gasteiger partial charge in [-0.1, -0.05) is 90.9 Å². The number of rotatable bonds is 65. The first-order chi connectivity index (χ1) is 53.0. The zero-order valence-corrected chi connectivity index (χ0v) is 66.2. The molecule has 7 amide bonds. The summed E-state index contributed by atoms with van der Waals surface area (Å²) in [6.45, 7) is 5.99. The molecule has 33 heteroatoms. The Kier molecular flexibility index (Phi) is 54.5. The summed E-state index contributed by atoms with van der Waals surface area (Å²) >= 11 is 0. The molecular formula is C77H140N8O25. The Morgan fingerprint density at radius 3 is 1.17 bits per heavy atom. The van der Waals surface area contributed by atoms with Gasteiger partial charge in [0.2, 0.25) is 41.4 Å². The van der Waals surface area contributed by atoms with Crippen molar-refractivity contribution in [2.24, 2.45) is 11.8 Å². The zero-order chi connectivity index (χ0) is 80.9. The first kappa shape index (κ1) is 99.1. The average Bonchev–Trinajstić information content (AvgIpc) is 0.895. The molecule has 0 aromatic heterocycles. The second-order valence-corrected chi connectivity index (χ2v) is 29.6. The van der Waals surface area contributed by atoms with Crippen LogP contribution in [0.5, 0.6) is 0 Å². The number of nitrogens with zero attached hydrogens (tertiary/aromatic N) is 1. The Labute approximate surface area is 650 Å². The minimum atomic E-state index is -1.41. The first-order valence-corrected chi connectivity index (χ1v) is 40.8. The van der Waals surface area contributed by atoms with Crippen molar-refractivity contribution >= 4 is 52.9 Å². The number of carbonyl (C=O) groups is 9. The highest BCUT2D eigenvalue weighted by molar-refractivity contribution is 5.87. The SMILES string of the molecule is COCCC(=O)CCCC(=O)NCCCCCC(C(=O)NCCCCNC(=O)CCCCCCCO[C@@H]1OC(CO)[C@H](O)C(O)[C@@H]1C)N(CC(=O)CCCCNC(=O)CCCCCCCO[C@@H]1OC(CO)[C@H](O)[C@H](O)C1NC(C)=O)CC(=O)NCCCNC(=O)CCCCCCCCO[C@@H]1OC(CO)[C@H](O)[C@H](O)C1C. The lowest BCUT2D eigenvalue weighted by Crippen LogP contribution is -2.64. The van der Waals surface area contributed by atoms with E-state index in [1.807, 2.05) is 0 Å². The van der Waals surface area contributed by atoms with Gasteiger partial charge in [0, 0.05) is 130 Å². The van der Waals surface area contributed by atoms with Crippen LogP contribution >= 0.6 is 0 Å². The molecule has 3 heterocycles. The Morgan fingerprint density at radius 2 is 0.718 bits per heavy atom. The molecule has 33 nitrogen and oxygen atoms in total. The van der Waals surface area contributed by atoms with Gasteiger partial charge in [0.05, 0.1) is 57.8 Å². The molecule has 638 valence electrons. The number of amides is 7.